The molecule has 1 aliphatic heterocycles. The van der Waals surface area contributed by atoms with Crippen LogP contribution in [0.1, 0.15) is 34.7 Å². The highest BCUT2D eigenvalue weighted by molar-refractivity contribution is 6.30. The molecule has 39 heavy (non-hydrogen) atoms. The summed E-state index contributed by atoms with van der Waals surface area (Å²) in [5, 5.41) is 1.72. The summed E-state index contributed by atoms with van der Waals surface area (Å²) >= 11 is 6.13. The molecule has 2 aliphatic rings. The lowest BCUT2D eigenvalue weighted by molar-refractivity contribution is 0.0998. The second kappa shape index (κ2) is 11.1. The van der Waals surface area contributed by atoms with E-state index in [2.05, 4.69) is 44.1 Å². The van der Waals surface area contributed by atoms with Crippen LogP contribution in [0.2, 0.25) is 5.02 Å². The van der Waals surface area contributed by atoms with Gasteiger partial charge in [0.15, 0.2) is 0 Å². The van der Waals surface area contributed by atoms with Crippen LogP contribution in [0.5, 0.6) is 11.5 Å². The Balaban J connectivity index is 1.13. The molecule has 3 N–H and O–H groups in total. The van der Waals surface area contributed by atoms with E-state index in [-0.39, 0.29) is 0 Å². The van der Waals surface area contributed by atoms with Crippen molar-refractivity contribution in [2.75, 3.05) is 37.6 Å². The molecular weight excluding hydrogens is 510 g/mol. The number of hydrogen-bond acceptors (Lipinski definition) is 5. The van der Waals surface area contributed by atoms with Gasteiger partial charge in [0.05, 0.1) is 11.8 Å². The Kier molecular flexibility index (Phi) is 7.26. The van der Waals surface area contributed by atoms with Crippen molar-refractivity contribution in [2.45, 2.75) is 18.8 Å². The van der Waals surface area contributed by atoms with Crippen molar-refractivity contribution < 1.29 is 9.53 Å². The number of rotatable bonds is 7. The largest absolute Gasteiger partial charge is 0.455 e. The monoisotopic (exact) mass is 541 g/mol. The van der Waals surface area contributed by atoms with E-state index in [1.54, 1.807) is 12.3 Å². The van der Waals surface area contributed by atoms with Gasteiger partial charge in [0.2, 0.25) is 0 Å². The maximum Gasteiger partial charge on any atom is 0.252 e. The fourth-order valence-corrected chi connectivity index (χ4v) is 5.91. The number of aromatic nitrogens is 2. The van der Waals surface area contributed by atoms with Gasteiger partial charge >= 0.3 is 0 Å². The molecule has 0 bridgehead atoms. The quantitative estimate of drug-likeness (QED) is 0.281. The normalized spacial score (nSPS) is 19.9. The van der Waals surface area contributed by atoms with Crippen LogP contribution in [0, 0.1) is 5.92 Å². The number of nitrogens with zero attached hydrogens (tertiary/aromatic N) is 3. The summed E-state index contributed by atoms with van der Waals surface area (Å²) in [4.78, 5) is 24.5. The lowest BCUT2D eigenvalue weighted by Crippen LogP contribution is -2.48. The zero-order valence-electron chi connectivity index (χ0n) is 21.7. The number of allylic oxidation sites excluding steroid dienone is 2. The van der Waals surface area contributed by atoms with E-state index in [4.69, 9.17) is 22.1 Å². The highest BCUT2D eigenvalue weighted by atomic mass is 35.5. The van der Waals surface area contributed by atoms with Gasteiger partial charge < -0.3 is 20.4 Å². The van der Waals surface area contributed by atoms with Gasteiger partial charge in [0.1, 0.15) is 17.1 Å². The minimum absolute atomic E-state index is 0.352. The van der Waals surface area contributed by atoms with Gasteiger partial charge in [-0.05, 0) is 60.7 Å². The molecule has 4 aromatic rings. The predicted molar refractivity (Wildman–Crippen MR) is 156 cm³/mol. The molecule has 1 amide bonds. The van der Waals surface area contributed by atoms with Gasteiger partial charge in [-0.1, -0.05) is 35.9 Å². The number of H-pyrrole nitrogens is 1. The van der Waals surface area contributed by atoms with E-state index >= 15 is 0 Å². The Morgan fingerprint density at radius 2 is 1.90 bits per heavy atom. The molecule has 1 fully saturated rings. The number of piperazine rings is 1. The SMILES string of the molecule is NC(=O)c1ccc(N2CCN(CC3CCC=CC3c3ccc(Cl)cc3)CC2)cc1Oc1cnc2[nH]ccc2c1. The number of ether oxygens (including phenoxy) is 1. The number of primary amides is 1. The average molecular weight is 542 g/mol. The fraction of sp³-hybridized carbons (Fsp3) is 0.290. The summed E-state index contributed by atoms with van der Waals surface area (Å²) in [6.07, 6.45) is 10.5. The topological polar surface area (TPSA) is 87.5 Å². The highest BCUT2D eigenvalue weighted by Gasteiger charge is 2.27. The predicted octanol–water partition coefficient (Wildman–Crippen LogP) is 5.98. The van der Waals surface area contributed by atoms with Crippen LogP contribution >= 0.6 is 11.6 Å². The van der Waals surface area contributed by atoms with Gasteiger partial charge in [-0.2, -0.15) is 0 Å². The van der Waals surface area contributed by atoms with Crippen molar-refractivity contribution in [1.82, 2.24) is 14.9 Å². The van der Waals surface area contributed by atoms with E-state index in [1.807, 2.05) is 42.6 Å². The average Bonchev–Trinajstić information content (AvgIpc) is 3.42. The summed E-state index contributed by atoms with van der Waals surface area (Å²) in [5.41, 5.74) is 9.16. The van der Waals surface area contributed by atoms with Crippen LogP contribution < -0.4 is 15.4 Å². The third-order valence-corrected chi connectivity index (χ3v) is 8.13. The molecule has 1 saturated heterocycles. The first-order valence-corrected chi connectivity index (χ1v) is 13.9. The maximum atomic E-state index is 12.1. The van der Waals surface area contributed by atoms with Crippen LogP contribution in [0.3, 0.4) is 0 Å². The molecule has 3 heterocycles. The molecule has 0 radical (unpaired) electrons. The number of hydrogen-bond donors (Lipinski definition) is 2. The fourth-order valence-electron chi connectivity index (χ4n) is 5.78. The van der Waals surface area contributed by atoms with E-state index in [1.165, 1.54) is 12.0 Å². The Morgan fingerprint density at radius 3 is 2.69 bits per heavy atom. The zero-order chi connectivity index (χ0) is 26.8. The van der Waals surface area contributed by atoms with Crippen LogP contribution in [-0.2, 0) is 0 Å². The zero-order valence-corrected chi connectivity index (χ0v) is 22.5. The Bertz CT molecular complexity index is 1490. The number of fused-ring (bicyclic) bond motifs is 1. The molecule has 200 valence electrons. The van der Waals surface area contributed by atoms with Gasteiger partial charge in [0, 0.05) is 67.0 Å². The van der Waals surface area contributed by atoms with Crippen LogP contribution in [-0.4, -0.2) is 53.5 Å². The van der Waals surface area contributed by atoms with Crippen molar-refractivity contribution in [2.24, 2.45) is 11.7 Å². The van der Waals surface area contributed by atoms with E-state index in [9.17, 15) is 4.79 Å². The number of pyridine rings is 1. The molecule has 2 aromatic heterocycles. The first kappa shape index (κ1) is 25.5. The Labute approximate surface area is 233 Å². The molecule has 0 saturated carbocycles. The summed E-state index contributed by atoms with van der Waals surface area (Å²) in [5.74, 6) is 1.50. The van der Waals surface area contributed by atoms with Crippen molar-refractivity contribution in [3.8, 4) is 11.5 Å². The molecule has 2 unspecified atom stereocenters. The number of aromatic amines is 1. The lowest BCUT2D eigenvalue weighted by Gasteiger charge is -2.39. The van der Waals surface area contributed by atoms with Crippen molar-refractivity contribution in [3.63, 3.8) is 0 Å². The number of carbonyl (C=O) groups excluding carboxylic acids is 1. The number of carbonyl (C=O) groups is 1. The number of amides is 1. The van der Waals surface area contributed by atoms with E-state index < -0.39 is 5.91 Å². The van der Waals surface area contributed by atoms with Crippen molar-refractivity contribution in [3.05, 3.63) is 95.3 Å². The van der Waals surface area contributed by atoms with Crippen LogP contribution in [0.15, 0.2) is 79.1 Å². The van der Waals surface area contributed by atoms with Gasteiger partial charge in [0.25, 0.3) is 5.91 Å². The van der Waals surface area contributed by atoms with Crippen LogP contribution in [0.4, 0.5) is 5.69 Å². The lowest BCUT2D eigenvalue weighted by atomic mass is 9.79. The first-order chi connectivity index (χ1) is 19.0. The van der Waals surface area contributed by atoms with E-state index in [0.29, 0.717) is 28.9 Å². The van der Waals surface area contributed by atoms with Crippen molar-refractivity contribution >= 4 is 34.2 Å². The van der Waals surface area contributed by atoms with Crippen molar-refractivity contribution in [1.29, 1.82) is 0 Å². The maximum absolute atomic E-state index is 12.1. The number of benzene rings is 2. The number of nitrogens with one attached hydrogen (secondary N) is 1. The van der Waals surface area contributed by atoms with Gasteiger partial charge in [-0.3, -0.25) is 9.69 Å². The molecule has 0 spiro atoms. The third-order valence-electron chi connectivity index (χ3n) is 7.87. The van der Waals surface area contributed by atoms with E-state index in [0.717, 1.165) is 60.9 Å². The molecule has 2 aromatic carbocycles. The summed E-state index contributed by atoms with van der Waals surface area (Å²) in [6, 6.07) is 17.8. The number of nitrogens with two attached hydrogens (primary N) is 1. The minimum Gasteiger partial charge on any atom is -0.455 e. The second-order valence-electron chi connectivity index (χ2n) is 10.4. The summed E-state index contributed by atoms with van der Waals surface area (Å²) in [6.45, 7) is 4.85. The van der Waals surface area contributed by atoms with Crippen LogP contribution in [0.25, 0.3) is 11.0 Å². The number of anilines is 1. The highest BCUT2D eigenvalue weighted by Crippen LogP contribution is 2.35. The molecule has 7 nitrogen and oxygen atoms in total. The first-order valence-electron chi connectivity index (χ1n) is 13.5. The molecular formula is C31H32ClN5O2. The standard InChI is InChI=1S/C31H32ClN5O2/c32-24-7-5-21(6-8-24)27-4-2-1-3-23(27)20-36-13-15-37(16-14-36)25-9-10-28(30(33)38)29(18-25)39-26-17-22-11-12-34-31(22)35-19-26/h2,4-12,17-19,23,27H,1,3,13-16,20H2,(H2,33,38)(H,34,35). The van der Waals surface area contributed by atoms with Gasteiger partial charge in [-0.25, -0.2) is 4.98 Å². The Morgan fingerprint density at radius 1 is 1.08 bits per heavy atom. The summed E-state index contributed by atoms with van der Waals surface area (Å²) in [7, 11) is 0. The third kappa shape index (κ3) is 5.65. The minimum atomic E-state index is -0.520. The molecule has 6 rings (SSSR count). The smallest absolute Gasteiger partial charge is 0.252 e. The van der Waals surface area contributed by atoms with Gasteiger partial charge in [-0.15, -0.1) is 0 Å². The molecule has 2 atom stereocenters. The Hall–Kier alpha value is -3.81. The molecule has 8 heteroatoms. The summed E-state index contributed by atoms with van der Waals surface area (Å²) < 4.78 is 6.13. The molecule has 1 aliphatic carbocycles. The number of halogens is 1. The second-order valence-corrected chi connectivity index (χ2v) is 10.8.